The second kappa shape index (κ2) is 7.14. The van der Waals surface area contributed by atoms with Gasteiger partial charge in [-0.3, -0.25) is 0 Å². The average Bonchev–Trinajstić information content (AvgIpc) is 2.55. The summed E-state index contributed by atoms with van der Waals surface area (Å²) in [6.07, 6.45) is 1.90. The van der Waals surface area contributed by atoms with Crippen molar-refractivity contribution in [1.82, 2.24) is 0 Å². The number of ether oxygens (including phenoxy) is 2. The molecule has 0 aliphatic carbocycles. The molecule has 2 aromatic carbocycles. The highest BCUT2D eigenvalue weighted by atomic mass is 16.5. The molecule has 0 fully saturated rings. The predicted molar refractivity (Wildman–Crippen MR) is 86.1 cm³/mol. The monoisotopic (exact) mass is 285 g/mol. The molecule has 3 nitrogen and oxygen atoms in total. The summed E-state index contributed by atoms with van der Waals surface area (Å²) in [6, 6.07) is 14.0. The van der Waals surface area contributed by atoms with E-state index in [0.29, 0.717) is 0 Å². The van der Waals surface area contributed by atoms with Crippen molar-refractivity contribution in [3.8, 4) is 17.2 Å². The molecule has 2 aromatic rings. The van der Waals surface area contributed by atoms with E-state index < -0.39 is 0 Å². The van der Waals surface area contributed by atoms with Gasteiger partial charge in [0.1, 0.15) is 5.75 Å². The lowest BCUT2D eigenvalue weighted by Gasteiger charge is -2.13. The Morgan fingerprint density at radius 2 is 1.71 bits per heavy atom. The van der Waals surface area contributed by atoms with Gasteiger partial charge >= 0.3 is 0 Å². The highest BCUT2D eigenvalue weighted by molar-refractivity contribution is 5.45. The van der Waals surface area contributed by atoms with Gasteiger partial charge in [0, 0.05) is 6.04 Å². The van der Waals surface area contributed by atoms with Crippen LogP contribution in [0.1, 0.15) is 37.4 Å². The Hall–Kier alpha value is -2.00. The maximum Gasteiger partial charge on any atom is 0.169 e. The molecule has 0 radical (unpaired) electrons. The first kappa shape index (κ1) is 15.4. The minimum Gasteiger partial charge on any atom is -0.493 e. The summed E-state index contributed by atoms with van der Waals surface area (Å²) in [6.45, 7) is 4.19. The van der Waals surface area contributed by atoms with E-state index in [2.05, 4.69) is 19.9 Å². The first-order valence-corrected chi connectivity index (χ1v) is 7.38. The van der Waals surface area contributed by atoms with Gasteiger partial charge in [0.05, 0.1) is 7.11 Å². The number of hydrogen-bond donors (Lipinski definition) is 1. The topological polar surface area (TPSA) is 44.5 Å². The molecule has 0 unspecified atom stereocenters. The van der Waals surface area contributed by atoms with Gasteiger partial charge in [-0.25, -0.2) is 0 Å². The van der Waals surface area contributed by atoms with E-state index in [9.17, 15) is 0 Å². The van der Waals surface area contributed by atoms with Gasteiger partial charge in [-0.1, -0.05) is 32.0 Å². The highest BCUT2D eigenvalue weighted by Crippen LogP contribution is 2.32. The molecule has 0 amide bonds. The summed E-state index contributed by atoms with van der Waals surface area (Å²) in [5, 5.41) is 0. The van der Waals surface area contributed by atoms with Crippen molar-refractivity contribution in [1.29, 1.82) is 0 Å². The van der Waals surface area contributed by atoms with Crippen molar-refractivity contribution in [2.45, 2.75) is 32.7 Å². The number of rotatable bonds is 6. The van der Waals surface area contributed by atoms with Crippen LogP contribution in [0.2, 0.25) is 0 Å². The van der Waals surface area contributed by atoms with Crippen LogP contribution in [0.15, 0.2) is 42.5 Å². The van der Waals surface area contributed by atoms with Crippen LogP contribution in [0.4, 0.5) is 0 Å². The summed E-state index contributed by atoms with van der Waals surface area (Å²) >= 11 is 0. The lowest BCUT2D eigenvalue weighted by Crippen LogP contribution is -2.08. The van der Waals surface area contributed by atoms with Crippen LogP contribution in [0, 0.1) is 0 Å². The fraction of sp³-hybridized carbons (Fsp3) is 0.333. The van der Waals surface area contributed by atoms with Gasteiger partial charge in [0.25, 0.3) is 0 Å². The van der Waals surface area contributed by atoms with Crippen LogP contribution in [0.3, 0.4) is 0 Å². The average molecular weight is 285 g/mol. The molecule has 0 aliphatic rings. The Morgan fingerprint density at radius 3 is 2.29 bits per heavy atom. The fourth-order valence-electron chi connectivity index (χ4n) is 2.16. The van der Waals surface area contributed by atoms with Crippen LogP contribution in [-0.4, -0.2) is 7.11 Å². The maximum absolute atomic E-state index is 6.01. The van der Waals surface area contributed by atoms with Gasteiger partial charge in [-0.05, 0) is 48.2 Å². The number of methoxy groups -OCH3 is 1. The van der Waals surface area contributed by atoms with Crippen LogP contribution in [0.5, 0.6) is 17.2 Å². The Balaban J connectivity index is 2.18. The maximum atomic E-state index is 6.01. The minimum absolute atomic E-state index is 0.0809. The normalized spacial score (nSPS) is 12.0. The molecule has 2 rings (SSSR count). The van der Waals surface area contributed by atoms with Crippen LogP contribution in [0.25, 0.3) is 0 Å². The third-order valence-electron chi connectivity index (χ3n) is 3.61. The van der Waals surface area contributed by atoms with Crippen molar-refractivity contribution in [3.05, 3.63) is 53.6 Å². The van der Waals surface area contributed by atoms with E-state index >= 15 is 0 Å². The predicted octanol–water partition coefficient (Wildman–Crippen LogP) is 4.46. The molecule has 1 atom stereocenters. The lowest BCUT2D eigenvalue weighted by atomic mass is 10.1. The molecule has 0 saturated heterocycles. The Morgan fingerprint density at radius 1 is 1.00 bits per heavy atom. The molecule has 0 bridgehead atoms. The van der Waals surface area contributed by atoms with Crippen molar-refractivity contribution in [2.75, 3.05) is 7.11 Å². The first-order chi connectivity index (χ1) is 10.2. The SMILES string of the molecule is CCc1ccc(Oc2ccc([C@H](N)CC)cc2)c(OC)c1. The van der Waals surface area contributed by atoms with E-state index in [-0.39, 0.29) is 6.04 Å². The van der Waals surface area contributed by atoms with E-state index in [1.807, 2.05) is 36.4 Å². The Labute approximate surface area is 126 Å². The lowest BCUT2D eigenvalue weighted by molar-refractivity contribution is 0.378. The zero-order chi connectivity index (χ0) is 15.2. The second-order valence-electron chi connectivity index (χ2n) is 5.02. The second-order valence-corrected chi connectivity index (χ2v) is 5.02. The molecule has 0 saturated carbocycles. The molecular formula is C18H23NO2. The molecular weight excluding hydrogens is 262 g/mol. The standard InChI is InChI=1S/C18H23NO2/c1-4-13-6-11-17(18(12-13)20-3)21-15-9-7-14(8-10-15)16(19)5-2/h6-12,16H,4-5,19H2,1-3H3/t16-/m1/s1. The largest absolute Gasteiger partial charge is 0.493 e. The highest BCUT2D eigenvalue weighted by Gasteiger charge is 2.08. The molecule has 0 aromatic heterocycles. The number of aryl methyl sites for hydroxylation is 1. The zero-order valence-electron chi connectivity index (χ0n) is 12.9. The molecule has 3 heteroatoms. The fourth-order valence-corrected chi connectivity index (χ4v) is 2.16. The third-order valence-corrected chi connectivity index (χ3v) is 3.61. The van der Waals surface area contributed by atoms with Crippen molar-refractivity contribution in [3.63, 3.8) is 0 Å². The van der Waals surface area contributed by atoms with Gasteiger partial charge in [-0.2, -0.15) is 0 Å². The number of hydrogen-bond acceptors (Lipinski definition) is 3. The molecule has 21 heavy (non-hydrogen) atoms. The van der Waals surface area contributed by atoms with Gasteiger partial charge in [0.2, 0.25) is 0 Å². The quantitative estimate of drug-likeness (QED) is 0.852. The summed E-state index contributed by atoms with van der Waals surface area (Å²) in [4.78, 5) is 0. The number of benzene rings is 2. The summed E-state index contributed by atoms with van der Waals surface area (Å²) < 4.78 is 11.3. The Bertz CT molecular complexity index is 578. The summed E-state index contributed by atoms with van der Waals surface area (Å²) in [7, 11) is 1.66. The molecule has 0 aliphatic heterocycles. The van der Waals surface area contributed by atoms with E-state index in [1.54, 1.807) is 7.11 Å². The van der Waals surface area contributed by atoms with Crippen molar-refractivity contribution < 1.29 is 9.47 Å². The van der Waals surface area contributed by atoms with Gasteiger partial charge in [0.15, 0.2) is 11.5 Å². The van der Waals surface area contributed by atoms with Crippen LogP contribution < -0.4 is 15.2 Å². The molecule has 112 valence electrons. The first-order valence-electron chi connectivity index (χ1n) is 7.38. The molecule has 2 N–H and O–H groups in total. The Kier molecular flexibility index (Phi) is 5.23. The van der Waals surface area contributed by atoms with Crippen molar-refractivity contribution >= 4 is 0 Å². The van der Waals surface area contributed by atoms with Crippen LogP contribution >= 0.6 is 0 Å². The van der Waals surface area contributed by atoms with E-state index in [1.165, 1.54) is 5.56 Å². The zero-order valence-corrected chi connectivity index (χ0v) is 12.9. The van der Waals surface area contributed by atoms with E-state index in [4.69, 9.17) is 15.2 Å². The van der Waals surface area contributed by atoms with Crippen LogP contribution in [-0.2, 0) is 6.42 Å². The minimum atomic E-state index is 0.0809. The molecule has 0 heterocycles. The third kappa shape index (κ3) is 3.76. The smallest absolute Gasteiger partial charge is 0.169 e. The van der Waals surface area contributed by atoms with E-state index in [0.717, 1.165) is 35.7 Å². The van der Waals surface area contributed by atoms with Crippen molar-refractivity contribution in [2.24, 2.45) is 5.73 Å². The summed E-state index contributed by atoms with van der Waals surface area (Å²) in [5.41, 5.74) is 8.36. The summed E-state index contributed by atoms with van der Waals surface area (Å²) in [5.74, 6) is 2.26. The van der Waals surface area contributed by atoms with Gasteiger partial charge < -0.3 is 15.2 Å². The number of nitrogens with two attached hydrogens (primary N) is 1. The van der Waals surface area contributed by atoms with Gasteiger partial charge in [-0.15, -0.1) is 0 Å². The molecule has 0 spiro atoms.